The minimum absolute atomic E-state index is 0.00853. The van der Waals surface area contributed by atoms with Crippen molar-refractivity contribution in [2.75, 3.05) is 0 Å². The first kappa shape index (κ1) is 16.4. The number of carbonyl (C=O) groups is 1. The maximum absolute atomic E-state index is 12.5. The van der Waals surface area contributed by atoms with Crippen molar-refractivity contribution in [1.29, 1.82) is 0 Å². The van der Waals surface area contributed by atoms with Crippen LogP contribution in [-0.4, -0.2) is 36.0 Å². The van der Waals surface area contributed by atoms with Gasteiger partial charge >= 0.3 is 0 Å². The largest absolute Gasteiger partial charge is 0.392 e. The van der Waals surface area contributed by atoms with E-state index in [1.807, 2.05) is 24.5 Å². The minimum Gasteiger partial charge on any atom is -0.392 e. The second-order valence-electron chi connectivity index (χ2n) is 7.50. The van der Waals surface area contributed by atoms with Gasteiger partial charge in [0.2, 0.25) is 5.91 Å². The van der Waals surface area contributed by atoms with Crippen LogP contribution in [0.3, 0.4) is 0 Å². The summed E-state index contributed by atoms with van der Waals surface area (Å²) in [5.74, 6) is -0.0951. The zero-order valence-corrected chi connectivity index (χ0v) is 14.4. The summed E-state index contributed by atoms with van der Waals surface area (Å²) in [5, 5.41) is 10.3. The lowest BCUT2D eigenvalue weighted by molar-refractivity contribution is -0.154. The monoisotopic (exact) mass is 283 g/mol. The van der Waals surface area contributed by atoms with E-state index in [4.69, 9.17) is 0 Å². The average Bonchev–Trinajstić information content (AvgIpc) is 2.23. The fourth-order valence-corrected chi connectivity index (χ4v) is 4.99. The summed E-state index contributed by atoms with van der Waals surface area (Å²) in [6.45, 7) is 18.8. The molecule has 0 bridgehead atoms. The van der Waals surface area contributed by atoms with E-state index in [9.17, 15) is 9.90 Å². The van der Waals surface area contributed by atoms with Crippen LogP contribution < -0.4 is 0 Å². The van der Waals surface area contributed by atoms with Crippen LogP contribution in [0.4, 0.5) is 0 Å². The normalized spacial score (nSPS) is 26.4. The SMILES string of the molecule is C=CC1C(C(O)C(C)C)C(=O)N1[Si](C)(C)C(C)(C)C. The lowest BCUT2D eigenvalue weighted by Crippen LogP contribution is -2.74. The number of rotatable bonds is 4. The van der Waals surface area contributed by atoms with E-state index in [-0.39, 0.29) is 28.8 Å². The summed E-state index contributed by atoms with van der Waals surface area (Å²) < 4.78 is 2.02. The molecule has 3 atom stereocenters. The minimum atomic E-state index is -1.89. The predicted molar refractivity (Wildman–Crippen MR) is 82.4 cm³/mol. The van der Waals surface area contributed by atoms with Crippen LogP contribution in [0, 0.1) is 11.8 Å². The fourth-order valence-electron chi connectivity index (χ4n) is 2.56. The first-order valence-electron chi connectivity index (χ1n) is 7.10. The molecule has 1 heterocycles. The molecule has 0 aromatic heterocycles. The van der Waals surface area contributed by atoms with E-state index in [1.54, 1.807) is 0 Å². The quantitative estimate of drug-likeness (QED) is 0.489. The van der Waals surface area contributed by atoms with Crippen molar-refractivity contribution < 1.29 is 9.90 Å². The molecule has 3 nitrogen and oxygen atoms in total. The highest BCUT2D eigenvalue weighted by molar-refractivity contribution is 6.80. The van der Waals surface area contributed by atoms with Crippen LogP contribution in [0.25, 0.3) is 0 Å². The molecule has 1 aliphatic rings. The van der Waals surface area contributed by atoms with Crippen LogP contribution in [-0.2, 0) is 4.79 Å². The Bertz CT molecular complexity index is 371. The predicted octanol–water partition coefficient (Wildman–Crippen LogP) is 3.02. The molecule has 1 rings (SSSR count). The zero-order valence-electron chi connectivity index (χ0n) is 13.4. The molecule has 19 heavy (non-hydrogen) atoms. The van der Waals surface area contributed by atoms with E-state index >= 15 is 0 Å². The third-order valence-corrected chi connectivity index (χ3v) is 10.3. The highest BCUT2D eigenvalue weighted by Crippen LogP contribution is 2.46. The Hall–Kier alpha value is -0.613. The summed E-state index contributed by atoms with van der Waals surface area (Å²) in [7, 11) is -1.89. The molecule has 4 heteroatoms. The molecule has 1 saturated heterocycles. The summed E-state index contributed by atoms with van der Waals surface area (Å²) in [6.07, 6.45) is 1.26. The molecule has 1 amide bonds. The van der Waals surface area contributed by atoms with Gasteiger partial charge in [0, 0.05) is 0 Å². The highest BCUT2D eigenvalue weighted by atomic mass is 28.3. The van der Waals surface area contributed by atoms with Crippen molar-refractivity contribution in [1.82, 2.24) is 4.57 Å². The van der Waals surface area contributed by atoms with E-state index in [1.165, 1.54) is 0 Å². The Balaban J connectivity index is 3.03. The first-order valence-corrected chi connectivity index (χ1v) is 10.0. The molecule has 110 valence electrons. The lowest BCUT2D eigenvalue weighted by atomic mass is 9.81. The highest BCUT2D eigenvalue weighted by Gasteiger charge is 2.58. The number of nitrogens with zero attached hydrogens (tertiary/aromatic N) is 1. The number of β-lactam (4-membered cyclic amide) rings is 1. The Morgan fingerprint density at radius 3 is 2.16 bits per heavy atom. The van der Waals surface area contributed by atoms with Gasteiger partial charge in [-0.05, 0) is 11.0 Å². The smallest absolute Gasteiger partial charge is 0.223 e. The van der Waals surface area contributed by atoms with E-state index in [2.05, 4.69) is 40.4 Å². The molecule has 1 fully saturated rings. The van der Waals surface area contributed by atoms with Crippen LogP contribution in [0.5, 0.6) is 0 Å². The molecule has 0 radical (unpaired) electrons. The van der Waals surface area contributed by atoms with E-state index in [0.717, 1.165) is 0 Å². The van der Waals surface area contributed by atoms with Crippen molar-refractivity contribution in [3.05, 3.63) is 12.7 Å². The topological polar surface area (TPSA) is 40.5 Å². The number of hydrogen-bond acceptors (Lipinski definition) is 2. The maximum atomic E-state index is 12.5. The number of amides is 1. The van der Waals surface area contributed by atoms with Gasteiger partial charge in [-0.3, -0.25) is 4.79 Å². The van der Waals surface area contributed by atoms with E-state index < -0.39 is 14.3 Å². The maximum Gasteiger partial charge on any atom is 0.223 e. The fraction of sp³-hybridized carbons (Fsp3) is 0.800. The van der Waals surface area contributed by atoms with Crippen molar-refractivity contribution >= 4 is 14.1 Å². The second kappa shape index (κ2) is 5.06. The van der Waals surface area contributed by atoms with E-state index in [0.29, 0.717) is 0 Å². The molecule has 0 aliphatic carbocycles. The number of aliphatic hydroxyl groups excluding tert-OH is 1. The Morgan fingerprint density at radius 1 is 1.37 bits per heavy atom. The molecule has 0 aromatic carbocycles. The first-order chi connectivity index (χ1) is 8.46. The Kier molecular flexibility index (Phi) is 4.38. The van der Waals surface area contributed by atoms with Crippen molar-refractivity contribution in [2.45, 2.75) is 64.9 Å². The van der Waals surface area contributed by atoms with Gasteiger partial charge in [-0.15, -0.1) is 6.58 Å². The van der Waals surface area contributed by atoms with Crippen molar-refractivity contribution in [3.8, 4) is 0 Å². The van der Waals surface area contributed by atoms with Crippen LogP contribution in [0.15, 0.2) is 12.7 Å². The summed E-state index contributed by atoms with van der Waals surface area (Å²) >= 11 is 0. The Labute approximate surface area is 118 Å². The van der Waals surface area contributed by atoms with Gasteiger partial charge < -0.3 is 9.67 Å². The summed E-state index contributed by atoms with van der Waals surface area (Å²) in [4.78, 5) is 12.5. The molecule has 0 spiro atoms. The number of hydrogen-bond donors (Lipinski definition) is 1. The van der Waals surface area contributed by atoms with Crippen LogP contribution >= 0.6 is 0 Å². The molecule has 3 unspecified atom stereocenters. The number of aliphatic hydroxyl groups is 1. The lowest BCUT2D eigenvalue weighted by Gasteiger charge is -2.58. The molecular formula is C15H29NO2Si. The molecule has 0 saturated carbocycles. The summed E-state index contributed by atoms with van der Waals surface area (Å²) in [6, 6.07) is -0.00853. The van der Waals surface area contributed by atoms with Gasteiger partial charge in [0.15, 0.2) is 8.24 Å². The standard InChI is InChI=1S/C15H29NO2Si/c1-9-11-12(13(17)10(2)3)14(18)16(11)19(7,8)15(4,5)6/h9-13,17H,1H2,2-8H3. The molecular weight excluding hydrogens is 254 g/mol. The van der Waals surface area contributed by atoms with Crippen LogP contribution in [0.1, 0.15) is 34.6 Å². The zero-order chi connectivity index (χ0) is 15.2. The Morgan fingerprint density at radius 2 is 1.84 bits per heavy atom. The van der Waals surface area contributed by atoms with Gasteiger partial charge in [0.25, 0.3) is 0 Å². The van der Waals surface area contributed by atoms with Crippen molar-refractivity contribution in [3.63, 3.8) is 0 Å². The number of carbonyl (C=O) groups excluding carboxylic acids is 1. The third-order valence-electron chi connectivity index (χ3n) is 4.92. The molecule has 1 aliphatic heterocycles. The third kappa shape index (κ3) is 2.52. The van der Waals surface area contributed by atoms with Gasteiger partial charge in [-0.25, -0.2) is 0 Å². The average molecular weight is 283 g/mol. The van der Waals surface area contributed by atoms with Gasteiger partial charge in [0.05, 0.1) is 18.1 Å². The molecule has 0 aromatic rings. The van der Waals surface area contributed by atoms with Crippen molar-refractivity contribution in [2.24, 2.45) is 11.8 Å². The van der Waals surface area contributed by atoms with Gasteiger partial charge in [0.1, 0.15) is 0 Å². The van der Waals surface area contributed by atoms with Gasteiger partial charge in [-0.2, -0.15) is 0 Å². The second-order valence-corrected chi connectivity index (χ2v) is 12.6. The van der Waals surface area contributed by atoms with Crippen LogP contribution in [0.2, 0.25) is 18.1 Å². The summed E-state index contributed by atoms with van der Waals surface area (Å²) in [5.41, 5.74) is 0. The van der Waals surface area contributed by atoms with Gasteiger partial charge in [-0.1, -0.05) is 53.8 Å². The molecule has 1 N–H and O–H groups in total.